The summed E-state index contributed by atoms with van der Waals surface area (Å²) in [5.41, 5.74) is -2.01. The summed E-state index contributed by atoms with van der Waals surface area (Å²) in [5, 5.41) is 122. The van der Waals surface area contributed by atoms with E-state index < -0.39 is 206 Å². The molecule has 0 amide bonds. The van der Waals surface area contributed by atoms with Crippen LogP contribution in [0.3, 0.4) is 0 Å². The number of ketones is 1. The average molecular weight is 1320 g/mol. The summed E-state index contributed by atoms with van der Waals surface area (Å²) in [6.07, 6.45) is -34.6. The summed E-state index contributed by atoms with van der Waals surface area (Å²) in [7, 11) is -4.31. The minimum Gasteiger partial charge on any atom is -0.726 e. The third kappa shape index (κ3) is 13.0. The van der Waals surface area contributed by atoms with Gasteiger partial charge in [0, 0.05) is 31.3 Å². The predicted octanol–water partition coefficient (Wildman–Crippen LogP) is -5.18. The molecule has 0 aromatic rings. The summed E-state index contributed by atoms with van der Waals surface area (Å²) >= 11 is 0. The number of hydrogen-bond acceptors (Lipinski definition) is 29. The smallest absolute Gasteiger partial charge is 0.726 e. The van der Waals surface area contributed by atoms with Gasteiger partial charge in [-0.2, -0.15) is 0 Å². The quantitative estimate of drug-likeness (QED) is 0.0189. The largest absolute Gasteiger partial charge is 1.00 e. The minimum absolute atomic E-state index is 0. The Bertz CT molecular complexity index is 2660. The number of rotatable bonds is 19. The fraction of sp³-hybridized carbons (Fsp3) is 0.932. The number of carbonyl (C=O) groups excluding carboxylic acids is 2. The zero-order chi connectivity index (χ0) is 65.0. The molecule has 510 valence electrons. The number of hydrogen-bond donors (Lipinski definition) is 11. The van der Waals surface area contributed by atoms with Crippen LogP contribution in [0.25, 0.3) is 0 Å². The summed E-state index contributed by atoms with van der Waals surface area (Å²) in [5.74, 6) is -0.108. The van der Waals surface area contributed by atoms with Gasteiger partial charge < -0.3 is 118 Å². The number of aliphatic hydroxyl groups excluding tert-OH is 11. The van der Waals surface area contributed by atoms with Gasteiger partial charge in [0.15, 0.2) is 31.5 Å². The van der Waals surface area contributed by atoms with Crippen LogP contribution in [-0.2, 0) is 81.0 Å². The fourth-order valence-corrected chi connectivity index (χ4v) is 18.0. The minimum atomic E-state index is -5.53. The molecule has 11 N–H and O–H groups in total. The Balaban J connectivity index is 0.00000960. The zero-order valence-corrected chi connectivity index (χ0v) is 55.4. The van der Waals surface area contributed by atoms with E-state index in [1.165, 1.54) is 19.6 Å². The number of Topliss-reactive ketones (excluding diaryl/α,β-unsaturated/α-hetero) is 1. The molecule has 3 saturated carbocycles. The first-order chi connectivity index (χ1) is 41.7. The van der Waals surface area contributed by atoms with Crippen molar-refractivity contribution in [3.05, 3.63) is 11.6 Å². The van der Waals surface area contributed by atoms with Gasteiger partial charge in [0.2, 0.25) is 10.4 Å². The third-order valence-electron chi connectivity index (χ3n) is 22.0. The molecular formula is C59H93NaO29S. The predicted molar refractivity (Wildman–Crippen MR) is 296 cm³/mol. The van der Waals surface area contributed by atoms with Crippen molar-refractivity contribution in [1.29, 1.82) is 0 Å². The first-order valence-electron chi connectivity index (χ1n) is 31.1. The standard InChI is InChI=1S/C59H94O29S.Na/c1-24(2)18-26(62)19-58(8)34-13-16-57(7)28-10-11-33-55(4,5)35(14-15-56(33,6)27(28)12-17-59(34,57)54(72)87-58)82-52-47(38(66)32(23-78-52)88-89(73,74)75)86-53-48(85-50-40(68)39(67)36(64)30(20-60)80-50)41(69)44(25(3)79-53)83-51-43(71)46(37(65)31(21-61)81-51)84-49-42(70)45(76-9)29(63)22-77-49;/h10,24-25,27,29-53,60-61,63-71H,11-23H2,1-9H3,(H,73,74,75);/q;+1/p-1/t25-,27?,29-,30-,31-,32-,33?,34-,35+,36-,37-,38+,39+,40-,41+,42-,43-,44-,45+,46+,47-,48-,49+,50+,51+,52+,53+,56-,57+,58+,59-;/m1./s1. The summed E-state index contributed by atoms with van der Waals surface area (Å²) in [6.45, 7) is 13.0. The van der Waals surface area contributed by atoms with Crippen molar-refractivity contribution in [2.45, 2.75) is 266 Å². The number of ether oxygens (including phenoxy) is 12. The molecule has 6 heterocycles. The normalized spacial score (nSPS) is 50.2. The van der Waals surface area contributed by atoms with E-state index in [1.54, 1.807) is 0 Å². The van der Waals surface area contributed by atoms with E-state index in [0.717, 1.165) is 12.8 Å². The number of aliphatic hydroxyl groups is 11. The topological polar surface area (TPSA) is 434 Å². The number of carbonyl (C=O) groups is 2. The van der Waals surface area contributed by atoms with Crippen molar-refractivity contribution < 1.29 is 169 Å². The molecule has 10 aliphatic rings. The number of esters is 1. The summed E-state index contributed by atoms with van der Waals surface area (Å²) < 4.78 is 114. The van der Waals surface area contributed by atoms with Crippen LogP contribution in [0, 0.1) is 45.3 Å². The molecule has 6 aliphatic heterocycles. The number of methoxy groups -OCH3 is 1. The van der Waals surface area contributed by atoms with Gasteiger partial charge in [0.25, 0.3) is 0 Å². The molecule has 0 bridgehead atoms. The molecule has 6 saturated heterocycles. The van der Waals surface area contributed by atoms with Gasteiger partial charge in [-0.15, -0.1) is 0 Å². The number of allylic oxidation sites excluding steroid dienone is 2. The van der Waals surface area contributed by atoms with E-state index in [9.17, 15) is 78.7 Å². The molecule has 4 aliphatic carbocycles. The fourth-order valence-electron chi connectivity index (χ4n) is 17.6. The van der Waals surface area contributed by atoms with E-state index in [2.05, 4.69) is 33.8 Å². The van der Waals surface area contributed by atoms with Crippen LogP contribution < -0.4 is 29.6 Å². The van der Waals surface area contributed by atoms with Crippen LogP contribution in [0.2, 0.25) is 0 Å². The molecule has 0 aromatic carbocycles. The second kappa shape index (κ2) is 27.6. The van der Waals surface area contributed by atoms with Gasteiger partial charge in [-0.05, 0) is 87.4 Å². The van der Waals surface area contributed by atoms with Crippen molar-refractivity contribution in [3.63, 3.8) is 0 Å². The molecule has 31 atom stereocenters. The van der Waals surface area contributed by atoms with Crippen LogP contribution in [0.15, 0.2) is 11.6 Å². The van der Waals surface area contributed by atoms with Gasteiger partial charge >= 0.3 is 35.5 Å². The van der Waals surface area contributed by atoms with E-state index >= 15 is 0 Å². The first kappa shape index (κ1) is 73.1. The van der Waals surface area contributed by atoms with Crippen LogP contribution in [-0.4, -0.2) is 267 Å². The van der Waals surface area contributed by atoms with Crippen LogP contribution in [0.4, 0.5) is 0 Å². The van der Waals surface area contributed by atoms with Crippen molar-refractivity contribution >= 4 is 22.2 Å². The van der Waals surface area contributed by atoms with E-state index in [4.69, 9.17) is 61.0 Å². The Labute approximate surface area is 545 Å². The Hall–Kier alpha value is -1.13. The zero-order valence-electron chi connectivity index (χ0n) is 52.6. The molecule has 9 fully saturated rings. The maximum atomic E-state index is 14.5. The molecule has 0 aromatic heterocycles. The Morgan fingerprint density at radius 3 is 1.91 bits per heavy atom. The second-order valence-electron chi connectivity index (χ2n) is 28.1. The van der Waals surface area contributed by atoms with E-state index in [0.29, 0.717) is 38.5 Å². The van der Waals surface area contributed by atoms with Gasteiger partial charge in [0.1, 0.15) is 115 Å². The number of fused-ring (bicyclic) bond motifs is 4. The molecular weight excluding hydrogens is 1230 g/mol. The molecule has 31 heteroatoms. The number of cyclic esters (lactones) is 1. The maximum absolute atomic E-state index is 14.5. The Morgan fingerprint density at radius 2 is 1.27 bits per heavy atom. The first-order valence-corrected chi connectivity index (χ1v) is 32.5. The molecule has 10 rings (SSSR count). The average Bonchev–Trinajstić information content (AvgIpc) is 1.45. The molecule has 2 unspecified atom stereocenters. The Kier molecular flexibility index (Phi) is 22.5. The van der Waals surface area contributed by atoms with E-state index in [-0.39, 0.29) is 76.8 Å². The van der Waals surface area contributed by atoms with Crippen molar-refractivity contribution in [2.24, 2.45) is 45.3 Å². The van der Waals surface area contributed by atoms with Crippen molar-refractivity contribution in [1.82, 2.24) is 0 Å². The van der Waals surface area contributed by atoms with Crippen LogP contribution >= 0.6 is 0 Å². The Morgan fingerprint density at radius 1 is 0.667 bits per heavy atom. The molecule has 29 nitrogen and oxygen atoms in total. The third-order valence-corrected chi connectivity index (χ3v) is 22.5. The maximum Gasteiger partial charge on any atom is 1.00 e. The van der Waals surface area contributed by atoms with Crippen LogP contribution in [0.5, 0.6) is 0 Å². The van der Waals surface area contributed by atoms with Gasteiger partial charge in [-0.3, -0.25) is 13.8 Å². The van der Waals surface area contributed by atoms with Crippen LogP contribution in [0.1, 0.15) is 113 Å². The van der Waals surface area contributed by atoms with E-state index in [1.807, 2.05) is 20.8 Å². The van der Waals surface area contributed by atoms with Crippen molar-refractivity contribution in [3.8, 4) is 0 Å². The molecule has 0 radical (unpaired) electrons. The summed E-state index contributed by atoms with van der Waals surface area (Å²) in [6, 6.07) is 0. The van der Waals surface area contributed by atoms with Gasteiger partial charge in [-0.25, -0.2) is 8.42 Å². The van der Waals surface area contributed by atoms with Gasteiger partial charge in [-0.1, -0.05) is 53.2 Å². The van der Waals surface area contributed by atoms with Gasteiger partial charge in [0.05, 0.1) is 44.1 Å². The second-order valence-corrected chi connectivity index (χ2v) is 29.2. The van der Waals surface area contributed by atoms with Crippen molar-refractivity contribution in [2.75, 3.05) is 33.5 Å². The summed E-state index contributed by atoms with van der Waals surface area (Å²) in [4.78, 5) is 27.8. The molecule has 1 spiro atoms. The monoisotopic (exact) mass is 1320 g/mol. The molecule has 90 heavy (non-hydrogen) atoms. The SMILES string of the molecule is CO[C@@H]1[C@@H](O)[C@H](O[C@@H]2[C@@H](O)[C@H](O[C@H]3[C@H](O)[C@@H](O[C@@H]4O[C@H](CO)[C@@H](O)[C@H](O)[C@H]4O)[C@H](O[C@H]4[C@H](O[C@H]5CC[C@]6(C)C7CC[C@]89C(=O)O[C@@](C)(CC(=O)CC(C)C)[C@H]8CC[C@@]9(C)C7=CCC6C5(C)C)OC[C@@H](OS(=O)(=O)[O-])[C@@H]4O)O[C@@H]3C)O[C@H](CO)[C@H]2O)OC[C@H]1O.[Na+].